The van der Waals surface area contributed by atoms with Gasteiger partial charge in [-0.15, -0.1) is 11.3 Å². The number of nitrogen functional groups attached to an aromatic ring is 1. The van der Waals surface area contributed by atoms with Crippen molar-refractivity contribution >= 4 is 32.7 Å². The fourth-order valence-electron chi connectivity index (χ4n) is 1.78. The molecule has 1 aromatic carbocycles. The molecule has 0 atom stereocenters. The molecule has 1 aliphatic rings. The van der Waals surface area contributed by atoms with E-state index in [9.17, 15) is 8.42 Å². The van der Waals surface area contributed by atoms with Gasteiger partial charge < -0.3 is 15.2 Å². The van der Waals surface area contributed by atoms with Gasteiger partial charge in [0.2, 0.25) is 0 Å². The van der Waals surface area contributed by atoms with Crippen LogP contribution < -0.4 is 19.9 Å². The Balaban J connectivity index is 1.87. The summed E-state index contributed by atoms with van der Waals surface area (Å²) in [6, 6.07) is 6.32. The van der Waals surface area contributed by atoms with Gasteiger partial charge in [0.25, 0.3) is 10.0 Å². The van der Waals surface area contributed by atoms with Gasteiger partial charge in [-0.05, 0) is 18.2 Å². The fourth-order valence-corrected chi connectivity index (χ4v) is 3.91. The SMILES string of the molecule is Nc1csc(S(=O)(=O)Nc2ccc3c(c2)OCCO3)c1. The summed E-state index contributed by atoms with van der Waals surface area (Å²) in [5, 5.41) is 1.58. The van der Waals surface area contributed by atoms with Crippen molar-refractivity contribution in [1.82, 2.24) is 0 Å². The number of hydrogen-bond donors (Lipinski definition) is 2. The molecule has 0 spiro atoms. The summed E-state index contributed by atoms with van der Waals surface area (Å²) >= 11 is 1.07. The number of hydrogen-bond acceptors (Lipinski definition) is 6. The number of fused-ring (bicyclic) bond motifs is 1. The number of ether oxygens (including phenoxy) is 2. The highest BCUT2D eigenvalue weighted by Gasteiger charge is 2.18. The van der Waals surface area contributed by atoms with Gasteiger partial charge in [0.15, 0.2) is 11.5 Å². The molecule has 0 fully saturated rings. The van der Waals surface area contributed by atoms with E-state index in [1.54, 1.807) is 23.6 Å². The smallest absolute Gasteiger partial charge is 0.271 e. The monoisotopic (exact) mass is 312 g/mol. The van der Waals surface area contributed by atoms with E-state index in [1.165, 1.54) is 6.07 Å². The van der Waals surface area contributed by atoms with Gasteiger partial charge in [-0.1, -0.05) is 0 Å². The molecule has 0 saturated carbocycles. The van der Waals surface area contributed by atoms with Crippen molar-refractivity contribution in [3.63, 3.8) is 0 Å². The third-order valence-electron chi connectivity index (χ3n) is 2.65. The molecule has 8 heteroatoms. The Morgan fingerprint density at radius 3 is 2.60 bits per heavy atom. The second-order valence-corrected chi connectivity index (χ2v) is 6.98. The molecule has 0 bridgehead atoms. The first-order valence-electron chi connectivity index (χ1n) is 5.81. The van der Waals surface area contributed by atoms with E-state index in [1.807, 2.05) is 0 Å². The number of rotatable bonds is 3. The molecule has 2 heterocycles. The van der Waals surface area contributed by atoms with E-state index < -0.39 is 10.0 Å². The van der Waals surface area contributed by atoms with Crippen LogP contribution in [0.3, 0.4) is 0 Å². The zero-order chi connectivity index (χ0) is 14.2. The number of benzene rings is 1. The van der Waals surface area contributed by atoms with Crippen molar-refractivity contribution in [1.29, 1.82) is 0 Å². The van der Waals surface area contributed by atoms with Crippen LogP contribution in [-0.2, 0) is 10.0 Å². The van der Waals surface area contributed by atoms with Gasteiger partial charge in [0, 0.05) is 17.1 Å². The van der Waals surface area contributed by atoms with Crippen molar-refractivity contribution < 1.29 is 17.9 Å². The second-order valence-electron chi connectivity index (χ2n) is 4.16. The molecule has 0 radical (unpaired) electrons. The van der Waals surface area contributed by atoms with E-state index in [2.05, 4.69) is 4.72 Å². The Bertz CT molecular complexity index is 740. The van der Waals surface area contributed by atoms with Crippen molar-refractivity contribution in [3.8, 4) is 11.5 Å². The normalized spacial score (nSPS) is 14.0. The molecule has 20 heavy (non-hydrogen) atoms. The third-order valence-corrected chi connectivity index (χ3v) is 5.49. The number of anilines is 2. The van der Waals surface area contributed by atoms with Gasteiger partial charge >= 0.3 is 0 Å². The van der Waals surface area contributed by atoms with Gasteiger partial charge in [-0.3, -0.25) is 4.72 Å². The van der Waals surface area contributed by atoms with E-state index in [4.69, 9.17) is 15.2 Å². The topological polar surface area (TPSA) is 90.7 Å². The molecule has 0 saturated heterocycles. The Morgan fingerprint density at radius 1 is 1.15 bits per heavy atom. The van der Waals surface area contributed by atoms with Gasteiger partial charge in [0.05, 0.1) is 5.69 Å². The van der Waals surface area contributed by atoms with Crippen LogP contribution in [0.15, 0.2) is 33.9 Å². The van der Waals surface area contributed by atoms with E-state index in [0.717, 1.165) is 11.3 Å². The van der Waals surface area contributed by atoms with Crippen LogP contribution in [-0.4, -0.2) is 21.6 Å². The number of nitrogens with one attached hydrogen (secondary N) is 1. The molecule has 0 amide bonds. The number of nitrogens with two attached hydrogens (primary N) is 1. The largest absolute Gasteiger partial charge is 0.486 e. The Hall–Kier alpha value is -1.93. The summed E-state index contributed by atoms with van der Waals surface area (Å²) in [6.07, 6.45) is 0. The molecule has 0 aliphatic carbocycles. The van der Waals surface area contributed by atoms with Crippen molar-refractivity contribution in [2.75, 3.05) is 23.7 Å². The zero-order valence-electron chi connectivity index (χ0n) is 10.3. The highest BCUT2D eigenvalue weighted by atomic mass is 32.2. The van der Waals surface area contributed by atoms with E-state index >= 15 is 0 Å². The summed E-state index contributed by atoms with van der Waals surface area (Å²) in [7, 11) is -3.63. The summed E-state index contributed by atoms with van der Waals surface area (Å²) < 4.78 is 37.8. The van der Waals surface area contributed by atoms with Crippen molar-refractivity contribution in [3.05, 3.63) is 29.6 Å². The van der Waals surface area contributed by atoms with Crippen LogP contribution in [0.5, 0.6) is 11.5 Å². The highest BCUT2D eigenvalue weighted by Crippen LogP contribution is 2.33. The Morgan fingerprint density at radius 2 is 1.90 bits per heavy atom. The van der Waals surface area contributed by atoms with Gasteiger partial charge in [-0.25, -0.2) is 8.42 Å². The second kappa shape index (κ2) is 4.88. The first-order chi connectivity index (χ1) is 9.54. The van der Waals surface area contributed by atoms with E-state index in [-0.39, 0.29) is 4.21 Å². The lowest BCUT2D eigenvalue weighted by Crippen LogP contribution is -2.16. The maximum atomic E-state index is 12.2. The molecular weight excluding hydrogens is 300 g/mol. The average Bonchev–Trinajstić information content (AvgIpc) is 2.86. The summed E-state index contributed by atoms with van der Waals surface area (Å²) in [5.74, 6) is 1.14. The standard InChI is InChI=1S/C12H12N2O4S2/c13-8-5-12(19-7-8)20(15,16)14-9-1-2-10-11(6-9)18-4-3-17-10/h1-2,5-7,14H,3-4,13H2. The average molecular weight is 312 g/mol. The van der Waals surface area contributed by atoms with Crippen LogP contribution in [0.25, 0.3) is 0 Å². The molecule has 0 unspecified atom stereocenters. The molecule has 1 aromatic heterocycles. The third kappa shape index (κ3) is 2.52. The molecule has 1 aliphatic heterocycles. The van der Waals surface area contributed by atoms with Crippen molar-refractivity contribution in [2.45, 2.75) is 4.21 Å². The summed E-state index contributed by atoms with van der Waals surface area (Å²) in [5.41, 5.74) is 6.39. The van der Waals surface area contributed by atoms with E-state index in [0.29, 0.717) is 36.1 Å². The minimum atomic E-state index is -3.63. The Kier molecular flexibility index (Phi) is 3.19. The van der Waals surface area contributed by atoms with Crippen LogP contribution in [0.1, 0.15) is 0 Å². The Labute approximate surface area is 120 Å². The summed E-state index contributed by atoms with van der Waals surface area (Å²) in [4.78, 5) is 0. The maximum absolute atomic E-state index is 12.2. The number of thiophene rings is 1. The van der Waals surface area contributed by atoms with Crippen LogP contribution in [0.4, 0.5) is 11.4 Å². The maximum Gasteiger partial charge on any atom is 0.271 e. The molecular formula is C12H12N2O4S2. The predicted molar refractivity (Wildman–Crippen MR) is 77.0 cm³/mol. The van der Waals surface area contributed by atoms with Crippen LogP contribution >= 0.6 is 11.3 Å². The molecule has 2 aromatic rings. The molecule has 3 N–H and O–H groups in total. The first-order valence-corrected chi connectivity index (χ1v) is 8.17. The quantitative estimate of drug-likeness (QED) is 0.903. The van der Waals surface area contributed by atoms with Gasteiger partial charge in [0.1, 0.15) is 17.4 Å². The zero-order valence-corrected chi connectivity index (χ0v) is 12.0. The molecule has 3 rings (SSSR count). The first kappa shape index (κ1) is 13.1. The lowest BCUT2D eigenvalue weighted by molar-refractivity contribution is 0.171. The predicted octanol–water partition coefficient (Wildman–Crippen LogP) is 1.90. The molecule has 6 nitrogen and oxygen atoms in total. The fraction of sp³-hybridized carbons (Fsp3) is 0.167. The lowest BCUT2D eigenvalue weighted by Gasteiger charge is -2.19. The summed E-state index contributed by atoms with van der Waals surface area (Å²) in [6.45, 7) is 0.942. The molecule has 106 valence electrons. The highest BCUT2D eigenvalue weighted by molar-refractivity contribution is 7.94. The van der Waals surface area contributed by atoms with Crippen LogP contribution in [0, 0.1) is 0 Å². The van der Waals surface area contributed by atoms with Crippen molar-refractivity contribution in [2.24, 2.45) is 0 Å². The minimum Gasteiger partial charge on any atom is -0.486 e. The lowest BCUT2D eigenvalue weighted by atomic mass is 10.3. The number of sulfonamides is 1. The minimum absolute atomic E-state index is 0.171. The van der Waals surface area contributed by atoms with Crippen LogP contribution in [0.2, 0.25) is 0 Å². The van der Waals surface area contributed by atoms with Gasteiger partial charge in [-0.2, -0.15) is 0 Å².